The Morgan fingerprint density at radius 3 is 2.91 bits per heavy atom. The average molecular weight is 296 g/mol. The number of hydrogen-bond acceptors (Lipinski definition) is 3. The van der Waals surface area contributed by atoms with Gasteiger partial charge in [0.05, 0.1) is 11.8 Å². The molecule has 0 aliphatic carbocycles. The highest BCUT2D eigenvalue weighted by Gasteiger charge is 2.17. The third kappa shape index (κ3) is 2.76. The second kappa shape index (κ2) is 5.85. The van der Waals surface area contributed by atoms with Crippen molar-refractivity contribution < 1.29 is 9.59 Å². The molecule has 2 aromatic heterocycles. The molecule has 0 aliphatic rings. The van der Waals surface area contributed by atoms with Gasteiger partial charge in [-0.25, -0.2) is 0 Å². The summed E-state index contributed by atoms with van der Waals surface area (Å²) in [4.78, 5) is 26.9. The molecular formula is C16H16N4O2. The highest BCUT2D eigenvalue weighted by atomic mass is 16.2. The Hall–Kier alpha value is -2.89. The molecule has 1 amide bonds. The molecule has 0 bridgehead atoms. The van der Waals surface area contributed by atoms with Gasteiger partial charge in [0, 0.05) is 36.9 Å². The van der Waals surface area contributed by atoms with E-state index in [1.54, 1.807) is 7.05 Å². The SMILES string of the molecule is Cn1cc(C(=O)C(=O)NCCc2c[nH]c3ccccc23)cn1. The first-order chi connectivity index (χ1) is 10.6. The zero-order chi connectivity index (χ0) is 15.5. The summed E-state index contributed by atoms with van der Waals surface area (Å²) in [5.74, 6) is -1.17. The lowest BCUT2D eigenvalue weighted by molar-refractivity contribution is -0.116. The summed E-state index contributed by atoms with van der Waals surface area (Å²) in [5.41, 5.74) is 2.48. The van der Waals surface area contributed by atoms with Crippen LogP contribution in [0.3, 0.4) is 0 Å². The standard InChI is InChI=1S/C16H16N4O2/c1-20-10-12(9-19-20)15(21)16(22)17-7-6-11-8-18-14-5-3-2-4-13(11)14/h2-5,8-10,18H,6-7H2,1H3,(H,17,22). The van der Waals surface area contributed by atoms with Gasteiger partial charge in [-0.3, -0.25) is 14.3 Å². The number of carbonyl (C=O) groups excluding carboxylic acids is 2. The molecule has 0 saturated carbocycles. The molecule has 2 heterocycles. The van der Waals surface area contributed by atoms with E-state index in [1.807, 2.05) is 30.5 Å². The summed E-state index contributed by atoms with van der Waals surface area (Å²) < 4.78 is 1.49. The number of benzene rings is 1. The number of aromatic nitrogens is 3. The molecule has 0 aliphatic heterocycles. The number of hydrogen-bond donors (Lipinski definition) is 2. The molecular weight excluding hydrogens is 280 g/mol. The minimum absolute atomic E-state index is 0.298. The van der Waals surface area contributed by atoms with E-state index in [4.69, 9.17) is 0 Å². The monoisotopic (exact) mass is 296 g/mol. The summed E-state index contributed by atoms with van der Waals surface area (Å²) in [6.07, 6.45) is 5.51. The van der Waals surface area contributed by atoms with E-state index in [-0.39, 0.29) is 0 Å². The molecule has 0 fully saturated rings. The maximum atomic E-state index is 11.9. The number of rotatable bonds is 5. The number of Topliss-reactive ketones (excluding diaryl/α,β-unsaturated/α-hetero) is 1. The van der Waals surface area contributed by atoms with Crippen LogP contribution in [-0.4, -0.2) is 33.0 Å². The van der Waals surface area contributed by atoms with Crippen LogP contribution in [0, 0.1) is 0 Å². The zero-order valence-corrected chi connectivity index (χ0v) is 12.2. The molecule has 0 unspecified atom stereocenters. The Kier molecular flexibility index (Phi) is 3.74. The molecule has 0 atom stereocenters. The Morgan fingerprint density at radius 1 is 1.32 bits per heavy atom. The van der Waals surface area contributed by atoms with Gasteiger partial charge in [0.1, 0.15) is 0 Å². The smallest absolute Gasteiger partial charge is 0.292 e. The van der Waals surface area contributed by atoms with Crippen molar-refractivity contribution in [3.05, 3.63) is 54.0 Å². The lowest BCUT2D eigenvalue weighted by Crippen LogP contribution is -2.32. The minimum atomic E-state index is -0.604. The van der Waals surface area contributed by atoms with E-state index in [9.17, 15) is 9.59 Å². The molecule has 0 spiro atoms. The third-order valence-electron chi connectivity index (χ3n) is 3.53. The Morgan fingerprint density at radius 2 is 2.14 bits per heavy atom. The third-order valence-corrected chi connectivity index (χ3v) is 3.53. The zero-order valence-electron chi connectivity index (χ0n) is 12.2. The van der Waals surface area contributed by atoms with Crippen LogP contribution >= 0.6 is 0 Å². The van der Waals surface area contributed by atoms with Gasteiger partial charge in [-0.1, -0.05) is 18.2 Å². The number of amides is 1. The van der Waals surface area contributed by atoms with Crippen LogP contribution in [0.2, 0.25) is 0 Å². The Bertz CT molecular complexity index is 831. The number of nitrogens with one attached hydrogen (secondary N) is 2. The largest absolute Gasteiger partial charge is 0.361 e. The quantitative estimate of drug-likeness (QED) is 0.552. The molecule has 6 heteroatoms. The molecule has 6 nitrogen and oxygen atoms in total. The molecule has 112 valence electrons. The molecule has 1 aromatic carbocycles. The summed E-state index contributed by atoms with van der Waals surface area (Å²) in [6, 6.07) is 7.98. The second-order valence-corrected chi connectivity index (χ2v) is 5.10. The molecule has 3 aromatic rings. The van der Waals surface area contributed by atoms with Crippen molar-refractivity contribution in [2.45, 2.75) is 6.42 Å². The maximum Gasteiger partial charge on any atom is 0.292 e. The van der Waals surface area contributed by atoms with Crippen molar-refractivity contribution in [3.8, 4) is 0 Å². The number of H-pyrrole nitrogens is 1. The van der Waals surface area contributed by atoms with Gasteiger partial charge in [0.25, 0.3) is 11.7 Å². The van der Waals surface area contributed by atoms with Crippen molar-refractivity contribution in [3.63, 3.8) is 0 Å². The fourth-order valence-corrected chi connectivity index (χ4v) is 2.40. The number of para-hydroxylation sites is 1. The average Bonchev–Trinajstić information content (AvgIpc) is 3.13. The van der Waals surface area contributed by atoms with Gasteiger partial charge in [-0.05, 0) is 18.1 Å². The van der Waals surface area contributed by atoms with Crippen LogP contribution in [-0.2, 0) is 18.3 Å². The van der Waals surface area contributed by atoms with E-state index in [0.717, 1.165) is 16.5 Å². The van der Waals surface area contributed by atoms with Gasteiger partial charge in [-0.2, -0.15) is 5.10 Å². The first-order valence-electron chi connectivity index (χ1n) is 7.01. The van der Waals surface area contributed by atoms with Crippen molar-refractivity contribution in [1.29, 1.82) is 0 Å². The first kappa shape index (κ1) is 14.1. The fourth-order valence-electron chi connectivity index (χ4n) is 2.40. The Balaban J connectivity index is 1.59. The molecule has 22 heavy (non-hydrogen) atoms. The molecule has 0 saturated heterocycles. The molecule has 0 radical (unpaired) electrons. The van der Waals surface area contributed by atoms with Crippen molar-refractivity contribution in [1.82, 2.24) is 20.1 Å². The van der Waals surface area contributed by atoms with Crippen LogP contribution in [0.1, 0.15) is 15.9 Å². The van der Waals surface area contributed by atoms with Crippen LogP contribution in [0.15, 0.2) is 42.9 Å². The number of ketones is 1. The summed E-state index contributed by atoms with van der Waals surface area (Å²) >= 11 is 0. The first-order valence-corrected chi connectivity index (χ1v) is 7.01. The van der Waals surface area contributed by atoms with Crippen LogP contribution < -0.4 is 5.32 Å². The highest BCUT2D eigenvalue weighted by molar-refractivity contribution is 6.42. The van der Waals surface area contributed by atoms with Crippen LogP contribution in [0.5, 0.6) is 0 Å². The van der Waals surface area contributed by atoms with Gasteiger partial charge < -0.3 is 10.3 Å². The molecule has 2 N–H and O–H groups in total. The van der Waals surface area contributed by atoms with E-state index in [2.05, 4.69) is 15.4 Å². The van der Waals surface area contributed by atoms with Gasteiger partial charge >= 0.3 is 0 Å². The summed E-state index contributed by atoms with van der Waals surface area (Å²) in [6.45, 7) is 0.409. The van der Waals surface area contributed by atoms with E-state index >= 15 is 0 Å². The second-order valence-electron chi connectivity index (χ2n) is 5.10. The van der Waals surface area contributed by atoms with E-state index in [0.29, 0.717) is 18.5 Å². The van der Waals surface area contributed by atoms with Gasteiger partial charge in [0.2, 0.25) is 0 Å². The minimum Gasteiger partial charge on any atom is -0.361 e. The van der Waals surface area contributed by atoms with Crippen molar-refractivity contribution >= 4 is 22.6 Å². The normalized spacial score (nSPS) is 10.8. The lowest BCUT2D eigenvalue weighted by atomic mass is 10.1. The van der Waals surface area contributed by atoms with Crippen molar-refractivity contribution in [2.24, 2.45) is 7.05 Å². The predicted octanol–water partition coefficient (Wildman–Crippen LogP) is 1.44. The number of fused-ring (bicyclic) bond motifs is 1. The van der Waals surface area contributed by atoms with Gasteiger partial charge in [0.15, 0.2) is 0 Å². The van der Waals surface area contributed by atoms with Crippen LogP contribution in [0.25, 0.3) is 10.9 Å². The highest BCUT2D eigenvalue weighted by Crippen LogP contribution is 2.17. The number of carbonyl (C=O) groups is 2. The summed E-state index contributed by atoms with van der Waals surface area (Å²) in [7, 11) is 1.70. The number of aromatic amines is 1. The van der Waals surface area contributed by atoms with E-state index in [1.165, 1.54) is 17.1 Å². The van der Waals surface area contributed by atoms with Crippen LogP contribution in [0.4, 0.5) is 0 Å². The Labute approximate surface area is 127 Å². The topological polar surface area (TPSA) is 79.8 Å². The van der Waals surface area contributed by atoms with Gasteiger partial charge in [-0.15, -0.1) is 0 Å². The maximum absolute atomic E-state index is 11.9. The lowest BCUT2D eigenvalue weighted by Gasteiger charge is -2.03. The predicted molar refractivity (Wildman–Crippen MR) is 82.6 cm³/mol. The summed E-state index contributed by atoms with van der Waals surface area (Å²) in [5, 5.41) is 7.68. The number of aryl methyl sites for hydroxylation is 1. The number of nitrogens with zero attached hydrogens (tertiary/aromatic N) is 2. The van der Waals surface area contributed by atoms with Crippen molar-refractivity contribution in [2.75, 3.05) is 6.54 Å². The fraction of sp³-hybridized carbons (Fsp3) is 0.188. The van der Waals surface area contributed by atoms with E-state index < -0.39 is 11.7 Å². The molecule has 3 rings (SSSR count).